The molecule has 0 N–H and O–H groups in total. The summed E-state index contributed by atoms with van der Waals surface area (Å²) in [5.41, 5.74) is 0.934. The van der Waals surface area contributed by atoms with E-state index in [4.69, 9.17) is 4.42 Å². The molecule has 2 aromatic carbocycles. The highest BCUT2D eigenvalue weighted by Gasteiger charge is 2.16. The Morgan fingerprint density at radius 3 is 2.72 bits per heavy atom. The quantitative estimate of drug-likeness (QED) is 0.372. The van der Waals surface area contributed by atoms with Crippen LogP contribution in [-0.2, 0) is 0 Å². The van der Waals surface area contributed by atoms with E-state index in [1.54, 1.807) is 6.07 Å². The van der Waals surface area contributed by atoms with Crippen LogP contribution in [0, 0.1) is 19.5 Å². The first-order valence-corrected chi connectivity index (χ1v) is 6.10. The predicted octanol–water partition coefficient (Wildman–Crippen LogP) is 4.24. The van der Waals surface area contributed by atoms with Crippen molar-refractivity contribution in [3.63, 3.8) is 0 Å². The zero-order chi connectivity index (χ0) is 12.9. The van der Waals surface area contributed by atoms with Gasteiger partial charge in [0, 0.05) is 29.0 Å². The van der Waals surface area contributed by atoms with Crippen molar-refractivity contribution < 1.29 is 13.7 Å². The van der Waals surface area contributed by atoms with E-state index in [0.717, 1.165) is 0 Å². The first-order valence-electron chi connectivity index (χ1n) is 5.02. The third kappa shape index (κ3) is 1.64. The van der Waals surface area contributed by atoms with E-state index in [1.165, 1.54) is 24.3 Å². The molecule has 0 fully saturated rings. The highest BCUT2D eigenvalue weighted by molar-refractivity contribution is 14.1. The van der Waals surface area contributed by atoms with E-state index < -0.39 is 10.7 Å². The Morgan fingerprint density at radius 1 is 1.22 bits per heavy atom. The molecule has 3 rings (SSSR count). The summed E-state index contributed by atoms with van der Waals surface area (Å²) in [6.07, 6.45) is 0. The second-order valence-corrected chi connectivity index (χ2v) is 4.97. The van der Waals surface area contributed by atoms with Crippen LogP contribution >= 0.6 is 22.6 Å². The number of rotatable bonds is 1. The van der Waals surface area contributed by atoms with Crippen molar-refractivity contribution in [3.05, 3.63) is 49.8 Å². The molecule has 4 nitrogen and oxygen atoms in total. The Balaban J connectivity index is 2.47. The fourth-order valence-corrected chi connectivity index (χ4v) is 2.62. The Labute approximate surface area is 114 Å². The lowest BCUT2D eigenvalue weighted by Gasteiger charge is -1.94. The van der Waals surface area contributed by atoms with Gasteiger partial charge in [0.05, 0.1) is 8.49 Å². The normalized spacial score (nSPS) is 11.2. The van der Waals surface area contributed by atoms with Gasteiger partial charge in [-0.25, -0.2) is 4.39 Å². The van der Waals surface area contributed by atoms with Crippen molar-refractivity contribution in [2.24, 2.45) is 0 Å². The smallest absolute Gasteiger partial charge is 0.271 e. The maximum Gasteiger partial charge on any atom is 0.271 e. The van der Waals surface area contributed by atoms with Crippen LogP contribution in [-0.4, -0.2) is 4.92 Å². The number of hydrogen-bond acceptors (Lipinski definition) is 3. The van der Waals surface area contributed by atoms with Crippen LogP contribution in [0.1, 0.15) is 0 Å². The zero-order valence-corrected chi connectivity index (χ0v) is 11.0. The van der Waals surface area contributed by atoms with Gasteiger partial charge < -0.3 is 4.42 Å². The molecule has 18 heavy (non-hydrogen) atoms. The molecule has 0 aliphatic heterocycles. The lowest BCUT2D eigenvalue weighted by Crippen LogP contribution is -1.88. The van der Waals surface area contributed by atoms with Crippen LogP contribution < -0.4 is 0 Å². The summed E-state index contributed by atoms with van der Waals surface area (Å²) in [7, 11) is 0. The fraction of sp³-hybridized carbons (Fsp3) is 0. The van der Waals surface area contributed by atoms with Crippen LogP contribution in [0.4, 0.5) is 10.1 Å². The van der Waals surface area contributed by atoms with Gasteiger partial charge in [0.15, 0.2) is 0 Å². The SMILES string of the molecule is O=[N+]([O-])c1cc(I)c2oc3cc(F)ccc3c2c1. The van der Waals surface area contributed by atoms with Gasteiger partial charge in [-0.3, -0.25) is 10.1 Å². The van der Waals surface area contributed by atoms with Gasteiger partial charge in [0.2, 0.25) is 0 Å². The topological polar surface area (TPSA) is 56.3 Å². The molecule has 3 aromatic rings. The second kappa shape index (κ2) is 3.91. The average Bonchev–Trinajstić information content (AvgIpc) is 2.67. The maximum atomic E-state index is 13.1. The van der Waals surface area contributed by atoms with Crippen molar-refractivity contribution in [2.45, 2.75) is 0 Å². The molecule has 6 heteroatoms. The van der Waals surface area contributed by atoms with Gasteiger partial charge in [-0.15, -0.1) is 0 Å². The minimum Gasteiger partial charge on any atom is -0.455 e. The number of non-ortho nitro benzene ring substituents is 1. The van der Waals surface area contributed by atoms with E-state index >= 15 is 0 Å². The fourth-order valence-electron chi connectivity index (χ4n) is 1.90. The van der Waals surface area contributed by atoms with E-state index in [9.17, 15) is 14.5 Å². The summed E-state index contributed by atoms with van der Waals surface area (Å²) in [6, 6.07) is 7.03. The predicted molar refractivity (Wildman–Crippen MR) is 73.0 cm³/mol. The van der Waals surface area contributed by atoms with Gasteiger partial charge in [-0.1, -0.05) is 0 Å². The van der Waals surface area contributed by atoms with E-state index in [-0.39, 0.29) is 5.69 Å². The van der Waals surface area contributed by atoms with Crippen LogP contribution in [0.25, 0.3) is 21.9 Å². The third-order valence-electron chi connectivity index (χ3n) is 2.69. The van der Waals surface area contributed by atoms with Gasteiger partial charge in [0.1, 0.15) is 17.0 Å². The number of halogens is 2. The molecule has 0 amide bonds. The van der Waals surface area contributed by atoms with Crippen LogP contribution in [0.5, 0.6) is 0 Å². The molecule has 0 spiro atoms. The first-order chi connectivity index (χ1) is 8.56. The first kappa shape index (κ1) is 11.4. The summed E-state index contributed by atoms with van der Waals surface area (Å²) in [4.78, 5) is 10.4. The molecule has 0 aliphatic rings. The number of nitro benzene ring substituents is 1. The number of hydrogen-bond donors (Lipinski definition) is 0. The van der Waals surface area contributed by atoms with E-state index in [2.05, 4.69) is 0 Å². The van der Waals surface area contributed by atoms with Crippen LogP contribution in [0.3, 0.4) is 0 Å². The molecule has 0 aliphatic carbocycles. The molecule has 0 saturated carbocycles. The number of benzene rings is 2. The molecular weight excluding hydrogens is 352 g/mol. The van der Waals surface area contributed by atoms with Crippen LogP contribution in [0.2, 0.25) is 0 Å². The van der Waals surface area contributed by atoms with Gasteiger partial charge >= 0.3 is 0 Å². The Hall–Kier alpha value is -1.70. The molecule has 0 saturated heterocycles. The molecule has 0 radical (unpaired) electrons. The van der Waals surface area contributed by atoms with Gasteiger partial charge in [-0.2, -0.15) is 0 Å². The zero-order valence-electron chi connectivity index (χ0n) is 8.81. The Kier molecular flexibility index (Phi) is 2.47. The van der Waals surface area contributed by atoms with Gasteiger partial charge in [0.25, 0.3) is 5.69 Å². The molecule has 0 unspecified atom stereocenters. The lowest BCUT2D eigenvalue weighted by atomic mass is 10.1. The van der Waals surface area contributed by atoms with Crippen LogP contribution in [0.15, 0.2) is 34.7 Å². The molecule has 0 bridgehead atoms. The average molecular weight is 357 g/mol. The Morgan fingerprint density at radius 2 is 2.00 bits per heavy atom. The van der Waals surface area contributed by atoms with Gasteiger partial charge in [-0.05, 0) is 34.7 Å². The summed E-state index contributed by atoms with van der Waals surface area (Å²) < 4.78 is 19.3. The lowest BCUT2D eigenvalue weighted by molar-refractivity contribution is -0.384. The standard InChI is InChI=1S/C12H5FINO3/c13-6-1-2-8-9-4-7(15(16)17)5-10(14)12(9)18-11(8)3-6/h1-5H. The largest absolute Gasteiger partial charge is 0.455 e. The number of nitro groups is 1. The third-order valence-corrected chi connectivity index (χ3v) is 3.49. The molecule has 90 valence electrons. The Bertz CT molecular complexity index is 797. The summed E-state index contributed by atoms with van der Waals surface area (Å²) in [5, 5.41) is 12.1. The monoisotopic (exact) mass is 357 g/mol. The van der Waals surface area contributed by atoms with Crippen molar-refractivity contribution in [1.82, 2.24) is 0 Å². The summed E-state index contributed by atoms with van der Waals surface area (Å²) in [6.45, 7) is 0. The highest BCUT2D eigenvalue weighted by Crippen LogP contribution is 2.34. The highest BCUT2D eigenvalue weighted by atomic mass is 127. The molecular formula is C12H5FINO3. The van der Waals surface area contributed by atoms with Crippen molar-refractivity contribution in [3.8, 4) is 0 Å². The molecule has 0 atom stereocenters. The van der Waals surface area contributed by atoms with E-state index in [0.29, 0.717) is 25.5 Å². The molecule has 1 aromatic heterocycles. The van der Waals surface area contributed by atoms with Crippen molar-refractivity contribution >= 4 is 50.2 Å². The van der Waals surface area contributed by atoms with Crippen molar-refractivity contribution in [1.29, 1.82) is 0 Å². The summed E-state index contributed by atoms with van der Waals surface area (Å²) >= 11 is 1.97. The minimum absolute atomic E-state index is 0.000995. The molecule has 1 heterocycles. The minimum atomic E-state index is -0.454. The number of fused-ring (bicyclic) bond motifs is 3. The second-order valence-electron chi connectivity index (χ2n) is 3.80. The summed E-state index contributed by atoms with van der Waals surface area (Å²) in [5.74, 6) is -0.397. The number of furan rings is 1. The maximum absolute atomic E-state index is 13.1. The van der Waals surface area contributed by atoms with E-state index in [1.807, 2.05) is 22.6 Å². The van der Waals surface area contributed by atoms with Crippen molar-refractivity contribution in [2.75, 3.05) is 0 Å². The number of nitrogens with zero attached hydrogens (tertiary/aromatic N) is 1.